The average Bonchev–Trinajstić information content (AvgIpc) is 2.56. The molecule has 0 aliphatic carbocycles. The first-order chi connectivity index (χ1) is 10.3. The van der Waals surface area contributed by atoms with Gasteiger partial charge in [-0.3, -0.25) is 4.99 Å². The van der Waals surface area contributed by atoms with E-state index < -0.39 is 0 Å². The zero-order valence-electron chi connectivity index (χ0n) is 12.7. The highest BCUT2D eigenvalue weighted by Crippen LogP contribution is 2.26. The molecular weight excluding hydrogens is 296 g/mol. The molecule has 1 aliphatic rings. The summed E-state index contributed by atoms with van der Waals surface area (Å²) in [4.78, 5) is 4.61. The molecule has 0 radical (unpaired) electrons. The van der Waals surface area contributed by atoms with Crippen LogP contribution in [0, 0.1) is 6.92 Å². The van der Waals surface area contributed by atoms with Crippen LogP contribution in [-0.2, 0) is 0 Å². The summed E-state index contributed by atoms with van der Waals surface area (Å²) >= 11 is 0. The zero-order chi connectivity index (χ0) is 14.5. The number of hydrogen-bond acceptors (Lipinski definition) is 3. The lowest BCUT2D eigenvalue weighted by atomic mass is 10.1. The highest BCUT2D eigenvalue weighted by molar-refractivity contribution is 5.88. The topological polar surface area (TPSA) is 33.6 Å². The zero-order valence-corrected chi connectivity index (χ0v) is 13.5. The number of benzene rings is 2. The second-order valence-corrected chi connectivity index (χ2v) is 5.22. The predicted octanol–water partition coefficient (Wildman–Crippen LogP) is 3.93. The summed E-state index contributed by atoms with van der Waals surface area (Å²) in [6, 6.07) is 18.4. The number of ether oxygens (including phenoxy) is 1. The summed E-state index contributed by atoms with van der Waals surface area (Å²) in [6.07, 6.45) is 0.905. The van der Waals surface area contributed by atoms with E-state index in [4.69, 9.17) is 4.74 Å². The first-order valence-corrected chi connectivity index (χ1v) is 7.40. The Bertz CT molecular complexity index is 628. The van der Waals surface area contributed by atoms with Crippen LogP contribution < -0.4 is 10.1 Å². The highest BCUT2D eigenvalue weighted by atomic mass is 35.5. The molecule has 2 aromatic rings. The minimum Gasteiger partial charge on any atom is -0.478 e. The van der Waals surface area contributed by atoms with Crippen molar-refractivity contribution < 1.29 is 4.74 Å². The maximum absolute atomic E-state index is 6.28. The van der Waals surface area contributed by atoms with Gasteiger partial charge in [0.2, 0.25) is 0 Å². The number of nitrogens with zero attached hydrogens (tertiary/aromatic N) is 1. The molecular formula is C18H21ClN2O. The van der Waals surface area contributed by atoms with E-state index in [0.717, 1.165) is 42.2 Å². The number of aliphatic imine (C=N–C) groups is 1. The Balaban J connectivity index is 0.00000176. The van der Waals surface area contributed by atoms with Gasteiger partial charge in [-0.25, -0.2) is 0 Å². The van der Waals surface area contributed by atoms with Gasteiger partial charge in [-0.1, -0.05) is 48.5 Å². The Hall–Kier alpha value is -2.00. The Morgan fingerprint density at radius 3 is 2.45 bits per heavy atom. The molecule has 0 aromatic heterocycles. The van der Waals surface area contributed by atoms with Gasteiger partial charge in [0, 0.05) is 13.1 Å². The second-order valence-electron chi connectivity index (χ2n) is 5.22. The molecule has 116 valence electrons. The van der Waals surface area contributed by atoms with E-state index in [0.29, 0.717) is 0 Å². The van der Waals surface area contributed by atoms with Crippen molar-refractivity contribution in [2.75, 3.05) is 13.1 Å². The molecule has 1 N–H and O–H groups in total. The van der Waals surface area contributed by atoms with Crippen LogP contribution in [-0.4, -0.2) is 18.9 Å². The van der Waals surface area contributed by atoms with Gasteiger partial charge in [0.15, 0.2) is 6.10 Å². The monoisotopic (exact) mass is 316 g/mol. The molecule has 3 nitrogen and oxygen atoms in total. The van der Waals surface area contributed by atoms with Crippen molar-refractivity contribution in [3.8, 4) is 5.75 Å². The highest BCUT2D eigenvalue weighted by Gasteiger charge is 2.22. The normalized spacial score (nSPS) is 15.0. The largest absolute Gasteiger partial charge is 0.478 e. The molecule has 0 spiro atoms. The fraction of sp³-hybridized carbons (Fsp3) is 0.278. The third kappa shape index (κ3) is 3.80. The molecule has 0 saturated carbocycles. The van der Waals surface area contributed by atoms with Crippen molar-refractivity contribution in [2.45, 2.75) is 19.4 Å². The number of nitrogens with one attached hydrogen (secondary N) is 1. The number of aryl methyl sites for hydroxylation is 1. The molecule has 2 aromatic carbocycles. The minimum atomic E-state index is -0.174. The maximum atomic E-state index is 6.28. The third-order valence-corrected chi connectivity index (χ3v) is 3.61. The van der Waals surface area contributed by atoms with E-state index in [2.05, 4.69) is 35.4 Å². The number of hydrogen-bond donors (Lipinski definition) is 1. The Kier molecular flexibility index (Phi) is 5.84. The van der Waals surface area contributed by atoms with Crippen molar-refractivity contribution in [3.63, 3.8) is 0 Å². The van der Waals surface area contributed by atoms with E-state index in [1.807, 2.05) is 36.4 Å². The smallest absolute Gasteiger partial charge is 0.180 e. The second kappa shape index (κ2) is 7.85. The molecule has 0 fully saturated rings. The van der Waals surface area contributed by atoms with Crippen LogP contribution in [0.3, 0.4) is 0 Å². The lowest BCUT2D eigenvalue weighted by Gasteiger charge is -2.25. The molecule has 1 atom stereocenters. The van der Waals surface area contributed by atoms with Crippen molar-refractivity contribution in [3.05, 3.63) is 65.7 Å². The summed E-state index contributed by atoms with van der Waals surface area (Å²) in [5.74, 6) is 1.83. The quantitative estimate of drug-likeness (QED) is 0.927. The summed E-state index contributed by atoms with van der Waals surface area (Å²) in [5.41, 5.74) is 2.25. The Labute approximate surface area is 137 Å². The molecule has 22 heavy (non-hydrogen) atoms. The van der Waals surface area contributed by atoms with Gasteiger partial charge in [0.25, 0.3) is 0 Å². The van der Waals surface area contributed by atoms with E-state index in [1.54, 1.807) is 0 Å². The van der Waals surface area contributed by atoms with Crippen LogP contribution in [0.15, 0.2) is 59.6 Å². The lowest BCUT2D eigenvalue weighted by Crippen LogP contribution is -2.36. The van der Waals surface area contributed by atoms with E-state index in [9.17, 15) is 0 Å². The number of rotatable bonds is 4. The van der Waals surface area contributed by atoms with E-state index in [-0.39, 0.29) is 18.5 Å². The molecule has 0 amide bonds. The molecule has 3 rings (SSSR count). The molecule has 0 saturated heterocycles. The first-order valence-electron chi connectivity index (χ1n) is 7.40. The maximum Gasteiger partial charge on any atom is 0.180 e. The van der Waals surface area contributed by atoms with Crippen molar-refractivity contribution >= 4 is 18.2 Å². The first kappa shape index (κ1) is 16.4. The number of amidine groups is 1. The van der Waals surface area contributed by atoms with Crippen LogP contribution in [0.2, 0.25) is 0 Å². The summed E-state index contributed by atoms with van der Waals surface area (Å²) in [7, 11) is 0. The van der Waals surface area contributed by atoms with Crippen LogP contribution in [0.4, 0.5) is 0 Å². The van der Waals surface area contributed by atoms with Crippen molar-refractivity contribution in [1.29, 1.82) is 0 Å². The van der Waals surface area contributed by atoms with Crippen LogP contribution in [0.1, 0.15) is 23.7 Å². The molecule has 4 heteroatoms. The van der Waals surface area contributed by atoms with E-state index >= 15 is 0 Å². The fourth-order valence-electron chi connectivity index (χ4n) is 2.45. The van der Waals surface area contributed by atoms with Gasteiger partial charge in [0.1, 0.15) is 11.6 Å². The van der Waals surface area contributed by atoms with E-state index in [1.165, 1.54) is 0 Å². The molecule has 1 unspecified atom stereocenters. The summed E-state index contributed by atoms with van der Waals surface area (Å²) < 4.78 is 6.28. The Morgan fingerprint density at radius 2 is 1.77 bits per heavy atom. The van der Waals surface area contributed by atoms with Gasteiger partial charge in [-0.15, -0.1) is 12.4 Å². The van der Waals surface area contributed by atoms with Gasteiger partial charge in [-0.05, 0) is 30.5 Å². The lowest BCUT2D eigenvalue weighted by molar-refractivity contribution is 0.265. The van der Waals surface area contributed by atoms with Crippen LogP contribution in [0.5, 0.6) is 5.75 Å². The van der Waals surface area contributed by atoms with Crippen molar-refractivity contribution in [2.24, 2.45) is 4.99 Å². The van der Waals surface area contributed by atoms with Crippen LogP contribution in [0.25, 0.3) is 0 Å². The molecule has 1 aliphatic heterocycles. The number of para-hydroxylation sites is 1. The van der Waals surface area contributed by atoms with Gasteiger partial charge < -0.3 is 10.1 Å². The SMILES string of the molecule is Cc1ccccc1OC(C1=NCCCN1)c1ccccc1.Cl. The Morgan fingerprint density at radius 1 is 1.05 bits per heavy atom. The number of halogens is 1. The molecule has 0 bridgehead atoms. The van der Waals surface area contributed by atoms with Gasteiger partial charge >= 0.3 is 0 Å². The van der Waals surface area contributed by atoms with Crippen molar-refractivity contribution in [1.82, 2.24) is 5.32 Å². The van der Waals surface area contributed by atoms with Crippen LogP contribution >= 0.6 is 12.4 Å². The standard InChI is InChI=1S/C18H20N2O.ClH/c1-14-8-5-6-11-16(14)21-17(15-9-3-2-4-10-15)18-19-12-7-13-20-18;/h2-6,8-11,17H,7,12-13H2,1H3,(H,19,20);1H. The van der Waals surface area contributed by atoms with Gasteiger partial charge in [-0.2, -0.15) is 0 Å². The van der Waals surface area contributed by atoms with Gasteiger partial charge in [0.05, 0.1) is 0 Å². The predicted molar refractivity (Wildman–Crippen MR) is 93.2 cm³/mol. The molecule has 1 heterocycles. The summed E-state index contributed by atoms with van der Waals surface area (Å²) in [6.45, 7) is 3.88. The third-order valence-electron chi connectivity index (χ3n) is 3.61. The fourth-order valence-corrected chi connectivity index (χ4v) is 2.45. The summed E-state index contributed by atoms with van der Waals surface area (Å²) in [5, 5.41) is 3.38. The average molecular weight is 317 g/mol. The minimum absolute atomic E-state index is 0.